The van der Waals surface area contributed by atoms with Crippen LogP contribution in [0.15, 0.2) is 18.2 Å². The second-order valence-electron chi connectivity index (χ2n) is 7.16. The van der Waals surface area contributed by atoms with E-state index >= 15 is 0 Å². The van der Waals surface area contributed by atoms with Gasteiger partial charge in [-0.3, -0.25) is 4.79 Å². The zero-order valence-electron chi connectivity index (χ0n) is 16.0. The quantitative estimate of drug-likeness (QED) is 0.393. The van der Waals surface area contributed by atoms with E-state index in [1.165, 1.54) is 0 Å². The molecule has 0 aromatic heterocycles. The number of carbonyl (C=O) groups is 2. The zero-order valence-corrected chi connectivity index (χ0v) is 18.4. The SMILES string of the molecule is CCCCCC1SCC(C(=O)OCC(C)C)N1C(=O)c1ccc(Cl)cc1Cl. The number of thioether (sulfide) groups is 1. The predicted molar refractivity (Wildman–Crippen MR) is 113 cm³/mol. The summed E-state index contributed by atoms with van der Waals surface area (Å²) in [5.41, 5.74) is 0.366. The van der Waals surface area contributed by atoms with E-state index in [-0.39, 0.29) is 23.2 Å². The lowest BCUT2D eigenvalue weighted by atomic mass is 10.1. The molecule has 1 amide bonds. The summed E-state index contributed by atoms with van der Waals surface area (Å²) in [6, 6.07) is 4.23. The minimum absolute atomic E-state index is 0.0487. The van der Waals surface area contributed by atoms with Crippen molar-refractivity contribution < 1.29 is 14.3 Å². The average molecular weight is 432 g/mol. The van der Waals surface area contributed by atoms with E-state index in [0.717, 1.165) is 25.7 Å². The van der Waals surface area contributed by atoms with Crippen LogP contribution in [0.2, 0.25) is 10.0 Å². The van der Waals surface area contributed by atoms with Crippen LogP contribution in [0.5, 0.6) is 0 Å². The number of hydrogen-bond donors (Lipinski definition) is 0. The van der Waals surface area contributed by atoms with Gasteiger partial charge in [0.15, 0.2) is 0 Å². The van der Waals surface area contributed by atoms with Crippen LogP contribution in [0.25, 0.3) is 0 Å². The van der Waals surface area contributed by atoms with Gasteiger partial charge in [0.2, 0.25) is 0 Å². The molecule has 1 aliphatic heterocycles. The third-order valence-electron chi connectivity index (χ3n) is 4.37. The largest absolute Gasteiger partial charge is 0.464 e. The Morgan fingerprint density at radius 2 is 2.04 bits per heavy atom. The first-order valence-electron chi connectivity index (χ1n) is 9.41. The predicted octanol–water partition coefficient (Wildman–Crippen LogP) is 5.66. The molecular weight excluding hydrogens is 405 g/mol. The van der Waals surface area contributed by atoms with Gasteiger partial charge < -0.3 is 9.64 Å². The molecule has 150 valence electrons. The van der Waals surface area contributed by atoms with Crippen LogP contribution in [0.3, 0.4) is 0 Å². The van der Waals surface area contributed by atoms with Crippen molar-refractivity contribution in [1.82, 2.24) is 4.90 Å². The van der Waals surface area contributed by atoms with Gasteiger partial charge >= 0.3 is 5.97 Å². The maximum absolute atomic E-state index is 13.3. The Balaban J connectivity index is 2.23. The second kappa shape index (κ2) is 10.6. The van der Waals surface area contributed by atoms with E-state index < -0.39 is 6.04 Å². The monoisotopic (exact) mass is 431 g/mol. The van der Waals surface area contributed by atoms with Gasteiger partial charge in [0, 0.05) is 10.8 Å². The standard InChI is InChI=1S/C20H27Cl2NO3S/c1-4-5-6-7-18-23(17(12-27-18)20(25)26-11-13(2)3)19(24)15-9-8-14(21)10-16(15)22/h8-10,13,17-18H,4-7,11-12H2,1-3H3. The Kier molecular flexibility index (Phi) is 8.77. The second-order valence-corrected chi connectivity index (χ2v) is 9.21. The number of rotatable bonds is 8. The van der Waals surface area contributed by atoms with Crippen molar-refractivity contribution >= 4 is 46.8 Å². The van der Waals surface area contributed by atoms with Crippen LogP contribution < -0.4 is 0 Å². The number of hydrogen-bond acceptors (Lipinski definition) is 4. The lowest BCUT2D eigenvalue weighted by Gasteiger charge is -2.29. The lowest BCUT2D eigenvalue weighted by molar-refractivity contribution is -0.149. The van der Waals surface area contributed by atoms with Crippen molar-refractivity contribution in [3.63, 3.8) is 0 Å². The van der Waals surface area contributed by atoms with E-state index in [4.69, 9.17) is 27.9 Å². The Morgan fingerprint density at radius 3 is 2.67 bits per heavy atom. The molecule has 7 heteroatoms. The molecule has 0 radical (unpaired) electrons. The zero-order chi connectivity index (χ0) is 20.0. The van der Waals surface area contributed by atoms with Gasteiger partial charge in [-0.1, -0.05) is 63.2 Å². The summed E-state index contributed by atoms with van der Waals surface area (Å²) in [6.07, 6.45) is 4.07. The van der Waals surface area contributed by atoms with Gasteiger partial charge in [0.05, 0.1) is 22.6 Å². The third kappa shape index (κ3) is 6.03. The van der Waals surface area contributed by atoms with Crippen LogP contribution in [0, 0.1) is 5.92 Å². The van der Waals surface area contributed by atoms with Crippen molar-refractivity contribution in [2.75, 3.05) is 12.4 Å². The van der Waals surface area contributed by atoms with E-state index in [2.05, 4.69) is 6.92 Å². The maximum Gasteiger partial charge on any atom is 0.329 e. The Hall–Kier alpha value is -0.910. The van der Waals surface area contributed by atoms with Gasteiger partial charge in [-0.15, -0.1) is 11.8 Å². The molecule has 2 atom stereocenters. The van der Waals surface area contributed by atoms with Gasteiger partial charge in [0.25, 0.3) is 5.91 Å². The van der Waals surface area contributed by atoms with Gasteiger partial charge in [-0.05, 0) is 30.5 Å². The number of esters is 1. The number of ether oxygens (including phenoxy) is 1. The molecule has 1 fully saturated rings. The lowest BCUT2D eigenvalue weighted by Crippen LogP contribution is -2.46. The molecule has 0 bridgehead atoms. The number of halogens is 2. The normalized spacial score (nSPS) is 19.6. The number of benzene rings is 1. The van der Waals surface area contributed by atoms with Crippen molar-refractivity contribution in [3.05, 3.63) is 33.8 Å². The molecule has 1 heterocycles. The van der Waals surface area contributed by atoms with E-state index in [0.29, 0.717) is 28.0 Å². The number of nitrogens with zero attached hydrogens (tertiary/aromatic N) is 1. The molecule has 1 aromatic carbocycles. The fourth-order valence-electron chi connectivity index (χ4n) is 2.96. The molecule has 2 rings (SSSR count). The average Bonchev–Trinajstić information content (AvgIpc) is 3.03. The Morgan fingerprint density at radius 1 is 1.30 bits per heavy atom. The van der Waals surface area contributed by atoms with Crippen molar-refractivity contribution in [1.29, 1.82) is 0 Å². The first kappa shape index (κ1) is 22.4. The van der Waals surface area contributed by atoms with Crippen LogP contribution in [-0.4, -0.2) is 40.6 Å². The topological polar surface area (TPSA) is 46.6 Å². The summed E-state index contributed by atoms with van der Waals surface area (Å²) in [5.74, 6) is 0.213. The molecule has 0 saturated carbocycles. The summed E-state index contributed by atoms with van der Waals surface area (Å²) in [6.45, 7) is 6.47. The number of unbranched alkanes of at least 4 members (excludes halogenated alkanes) is 2. The molecule has 0 aliphatic carbocycles. The molecule has 27 heavy (non-hydrogen) atoms. The third-order valence-corrected chi connectivity index (χ3v) is 6.28. The van der Waals surface area contributed by atoms with Crippen molar-refractivity contribution in [2.45, 2.75) is 57.9 Å². The van der Waals surface area contributed by atoms with Gasteiger partial charge in [0.1, 0.15) is 6.04 Å². The molecule has 1 saturated heterocycles. The highest BCUT2D eigenvalue weighted by Gasteiger charge is 2.42. The number of amides is 1. The highest BCUT2D eigenvalue weighted by Crippen LogP contribution is 2.36. The van der Waals surface area contributed by atoms with E-state index in [9.17, 15) is 9.59 Å². The van der Waals surface area contributed by atoms with Crippen LogP contribution in [0.4, 0.5) is 0 Å². The summed E-state index contributed by atoms with van der Waals surface area (Å²) in [7, 11) is 0. The van der Waals surface area contributed by atoms with Crippen LogP contribution >= 0.6 is 35.0 Å². The van der Waals surface area contributed by atoms with Crippen LogP contribution in [-0.2, 0) is 9.53 Å². The smallest absolute Gasteiger partial charge is 0.329 e. The molecule has 2 unspecified atom stereocenters. The number of carbonyl (C=O) groups excluding carboxylic acids is 2. The highest BCUT2D eigenvalue weighted by atomic mass is 35.5. The minimum atomic E-state index is -0.584. The molecule has 1 aliphatic rings. The van der Waals surface area contributed by atoms with Gasteiger partial charge in [-0.2, -0.15) is 0 Å². The molecule has 0 N–H and O–H groups in total. The Bertz CT molecular complexity index is 669. The maximum atomic E-state index is 13.3. The van der Waals surface area contributed by atoms with Gasteiger partial charge in [-0.25, -0.2) is 4.79 Å². The Labute approximate surface area is 175 Å². The molecular formula is C20H27Cl2NO3S. The summed E-state index contributed by atoms with van der Waals surface area (Å²) >= 11 is 13.8. The highest BCUT2D eigenvalue weighted by molar-refractivity contribution is 8.00. The van der Waals surface area contributed by atoms with Crippen LogP contribution in [0.1, 0.15) is 56.8 Å². The van der Waals surface area contributed by atoms with Crippen molar-refractivity contribution in [2.24, 2.45) is 5.92 Å². The minimum Gasteiger partial charge on any atom is -0.464 e. The van der Waals surface area contributed by atoms with E-state index in [1.54, 1.807) is 34.9 Å². The molecule has 1 aromatic rings. The first-order chi connectivity index (χ1) is 12.8. The first-order valence-corrected chi connectivity index (χ1v) is 11.2. The fraction of sp³-hybridized carbons (Fsp3) is 0.600. The summed E-state index contributed by atoms with van der Waals surface area (Å²) < 4.78 is 5.43. The van der Waals surface area contributed by atoms with E-state index in [1.807, 2.05) is 13.8 Å². The fourth-order valence-corrected chi connectivity index (χ4v) is 4.88. The van der Waals surface area contributed by atoms with Crippen molar-refractivity contribution in [3.8, 4) is 0 Å². The molecule has 4 nitrogen and oxygen atoms in total. The summed E-state index contributed by atoms with van der Waals surface area (Å²) in [4.78, 5) is 27.5. The summed E-state index contributed by atoms with van der Waals surface area (Å²) in [5, 5.41) is 0.720. The molecule has 0 spiro atoms.